The summed E-state index contributed by atoms with van der Waals surface area (Å²) in [5.74, 6) is -2.63. The molecule has 3 rings (SSSR count). The first kappa shape index (κ1) is 10.4. The number of esters is 1. The van der Waals surface area contributed by atoms with E-state index < -0.39 is 35.9 Å². The summed E-state index contributed by atoms with van der Waals surface area (Å²) in [5, 5.41) is 29.2. The summed E-state index contributed by atoms with van der Waals surface area (Å²) in [7, 11) is 0. The Balaban J connectivity index is 2.06. The zero-order chi connectivity index (χ0) is 11.6. The summed E-state index contributed by atoms with van der Waals surface area (Å²) >= 11 is 0. The highest BCUT2D eigenvalue weighted by molar-refractivity contribution is 5.84. The quantitative estimate of drug-likeness (QED) is 0.409. The van der Waals surface area contributed by atoms with Crippen LogP contribution in [-0.2, 0) is 19.0 Å². The van der Waals surface area contributed by atoms with Crippen LogP contribution in [0.25, 0.3) is 0 Å². The average molecular weight is 232 g/mol. The second kappa shape index (κ2) is 2.93. The van der Waals surface area contributed by atoms with Gasteiger partial charge in [0.25, 0.3) is 5.79 Å². The minimum Gasteiger partial charge on any atom is -0.451 e. The van der Waals surface area contributed by atoms with Crippen LogP contribution in [0.5, 0.6) is 0 Å². The zero-order valence-corrected chi connectivity index (χ0v) is 8.33. The maximum absolute atomic E-state index is 11.6. The molecule has 3 N–H and O–H groups in total. The summed E-state index contributed by atoms with van der Waals surface area (Å²) in [4.78, 5) is 11.6. The Bertz CT molecular complexity index is 345. The highest BCUT2D eigenvalue weighted by Gasteiger charge is 2.76. The first-order valence-corrected chi connectivity index (χ1v) is 5.11. The SMILES string of the molecule is O=C1O[C@@H]2[C@@H](O)CO[C@@]23O[C@H](O)CC[C@]13O. The van der Waals surface area contributed by atoms with Crippen LogP contribution in [0.3, 0.4) is 0 Å². The molecule has 1 spiro atoms. The van der Waals surface area contributed by atoms with E-state index in [1.54, 1.807) is 0 Å². The van der Waals surface area contributed by atoms with Gasteiger partial charge in [0.15, 0.2) is 12.4 Å². The number of rotatable bonds is 0. The van der Waals surface area contributed by atoms with Crippen LogP contribution in [-0.4, -0.2) is 57.8 Å². The molecule has 3 saturated heterocycles. The van der Waals surface area contributed by atoms with Gasteiger partial charge in [-0.2, -0.15) is 0 Å². The van der Waals surface area contributed by atoms with Gasteiger partial charge in [-0.15, -0.1) is 0 Å². The number of carbonyl (C=O) groups is 1. The van der Waals surface area contributed by atoms with Crippen LogP contribution in [0.15, 0.2) is 0 Å². The number of carbonyl (C=O) groups excluding carboxylic acids is 1. The van der Waals surface area contributed by atoms with Gasteiger partial charge in [0.1, 0.15) is 6.10 Å². The van der Waals surface area contributed by atoms with E-state index in [0.29, 0.717) is 0 Å². The molecule has 3 heterocycles. The molecule has 0 unspecified atom stereocenters. The van der Waals surface area contributed by atoms with E-state index in [1.165, 1.54) is 0 Å². The molecular formula is C9H12O7. The Morgan fingerprint density at radius 1 is 1.38 bits per heavy atom. The third-order valence-electron chi connectivity index (χ3n) is 3.40. The van der Waals surface area contributed by atoms with Gasteiger partial charge in [-0.25, -0.2) is 4.79 Å². The summed E-state index contributed by atoms with van der Waals surface area (Å²) in [5.41, 5.74) is -1.94. The molecule has 3 fully saturated rings. The van der Waals surface area contributed by atoms with Crippen LogP contribution < -0.4 is 0 Å². The molecule has 7 nitrogen and oxygen atoms in total. The summed E-state index contributed by atoms with van der Waals surface area (Å²) in [6.07, 6.45) is -3.18. The van der Waals surface area contributed by atoms with Gasteiger partial charge in [-0.3, -0.25) is 0 Å². The fourth-order valence-corrected chi connectivity index (χ4v) is 2.57. The highest BCUT2D eigenvalue weighted by Crippen LogP contribution is 2.51. The number of hydrogen-bond donors (Lipinski definition) is 3. The molecule has 90 valence electrons. The largest absolute Gasteiger partial charge is 0.451 e. The van der Waals surface area contributed by atoms with Crippen molar-refractivity contribution in [1.82, 2.24) is 0 Å². The van der Waals surface area contributed by atoms with Crippen molar-refractivity contribution >= 4 is 5.97 Å². The minimum absolute atomic E-state index is 0.0176. The summed E-state index contributed by atoms with van der Waals surface area (Å²) < 4.78 is 15.2. The Hall–Kier alpha value is -0.730. The third-order valence-corrected chi connectivity index (χ3v) is 3.40. The van der Waals surface area contributed by atoms with Crippen molar-refractivity contribution in [1.29, 1.82) is 0 Å². The molecule has 0 aromatic carbocycles. The monoisotopic (exact) mass is 232 g/mol. The molecule has 0 aromatic heterocycles. The van der Waals surface area contributed by atoms with E-state index in [0.717, 1.165) is 0 Å². The van der Waals surface area contributed by atoms with Crippen molar-refractivity contribution in [3.8, 4) is 0 Å². The fourth-order valence-electron chi connectivity index (χ4n) is 2.57. The van der Waals surface area contributed by atoms with Crippen molar-refractivity contribution in [2.24, 2.45) is 0 Å². The molecule has 0 aromatic rings. The maximum atomic E-state index is 11.6. The predicted molar refractivity (Wildman–Crippen MR) is 45.8 cm³/mol. The molecule has 0 aliphatic carbocycles. The molecular weight excluding hydrogens is 220 g/mol. The molecule has 0 amide bonds. The molecule has 0 bridgehead atoms. The third kappa shape index (κ3) is 0.975. The Morgan fingerprint density at radius 3 is 2.88 bits per heavy atom. The number of aliphatic hydroxyl groups is 3. The van der Waals surface area contributed by atoms with Gasteiger partial charge < -0.3 is 29.5 Å². The number of aliphatic hydroxyl groups excluding tert-OH is 2. The summed E-state index contributed by atoms with van der Waals surface area (Å²) in [6.45, 7) is -0.104. The van der Waals surface area contributed by atoms with E-state index in [-0.39, 0.29) is 19.4 Å². The normalized spacial score (nSPS) is 55.7. The number of hydrogen-bond acceptors (Lipinski definition) is 7. The van der Waals surface area contributed by atoms with Gasteiger partial charge in [-0.1, -0.05) is 0 Å². The van der Waals surface area contributed by atoms with E-state index in [2.05, 4.69) is 0 Å². The fraction of sp³-hybridized carbons (Fsp3) is 0.889. The van der Waals surface area contributed by atoms with Crippen LogP contribution in [0, 0.1) is 0 Å². The van der Waals surface area contributed by atoms with Crippen molar-refractivity contribution in [3.63, 3.8) is 0 Å². The van der Waals surface area contributed by atoms with Crippen LogP contribution >= 0.6 is 0 Å². The highest BCUT2D eigenvalue weighted by atomic mass is 16.8. The van der Waals surface area contributed by atoms with Gasteiger partial charge in [0, 0.05) is 6.42 Å². The second-order valence-corrected chi connectivity index (χ2v) is 4.34. The van der Waals surface area contributed by atoms with Crippen LogP contribution in [0.2, 0.25) is 0 Å². The van der Waals surface area contributed by atoms with E-state index in [4.69, 9.17) is 14.2 Å². The first-order valence-electron chi connectivity index (χ1n) is 5.11. The lowest BCUT2D eigenvalue weighted by molar-refractivity contribution is -0.360. The molecule has 5 atom stereocenters. The summed E-state index contributed by atoms with van der Waals surface area (Å²) in [6, 6.07) is 0. The zero-order valence-electron chi connectivity index (χ0n) is 8.33. The van der Waals surface area contributed by atoms with Crippen molar-refractivity contribution < 1.29 is 34.3 Å². The van der Waals surface area contributed by atoms with Crippen LogP contribution in [0.4, 0.5) is 0 Å². The van der Waals surface area contributed by atoms with Crippen molar-refractivity contribution in [2.75, 3.05) is 6.61 Å². The molecule has 0 radical (unpaired) electrons. The topological polar surface area (TPSA) is 105 Å². The Labute approximate surface area is 90.5 Å². The standard InChI is InChI=1S/C9H12O7/c10-4-3-14-9-6(4)15-7(12)8(9,13)2-1-5(11)16-9/h4-6,10-11,13H,1-3H2/t4-,5-,6+,8-,9+/m0/s1. The first-order chi connectivity index (χ1) is 7.49. The minimum atomic E-state index is -1.94. The molecule has 7 heteroatoms. The lowest BCUT2D eigenvalue weighted by Crippen LogP contribution is -2.63. The van der Waals surface area contributed by atoms with E-state index in [9.17, 15) is 20.1 Å². The van der Waals surface area contributed by atoms with Crippen molar-refractivity contribution in [3.05, 3.63) is 0 Å². The smallest absolute Gasteiger partial charge is 0.344 e. The Morgan fingerprint density at radius 2 is 2.12 bits per heavy atom. The lowest BCUT2D eigenvalue weighted by Gasteiger charge is -2.41. The average Bonchev–Trinajstić information content (AvgIpc) is 2.64. The van der Waals surface area contributed by atoms with Gasteiger partial charge >= 0.3 is 5.97 Å². The van der Waals surface area contributed by atoms with Gasteiger partial charge in [0.2, 0.25) is 5.60 Å². The predicted octanol–water partition coefficient (Wildman–Crippen LogP) is -2.14. The molecule has 3 aliphatic rings. The van der Waals surface area contributed by atoms with Gasteiger partial charge in [-0.05, 0) is 6.42 Å². The van der Waals surface area contributed by atoms with Crippen LogP contribution in [0.1, 0.15) is 12.8 Å². The van der Waals surface area contributed by atoms with Crippen molar-refractivity contribution in [2.45, 2.75) is 42.7 Å². The maximum Gasteiger partial charge on any atom is 0.344 e. The van der Waals surface area contributed by atoms with Gasteiger partial charge in [0.05, 0.1) is 6.61 Å². The molecule has 3 aliphatic heterocycles. The molecule has 0 saturated carbocycles. The second-order valence-electron chi connectivity index (χ2n) is 4.34. The molecule has 16 heavy (non-hydrogen) atoms. The number of ether oxygens (including phenoxy) is 3. The van der Waals surface area contributed by atoms with E-state index in [1.807, 2.05) is 0 Å². The lowest BCUT2D eigenvalue weighted by atomic mass is 9.84. The van der Waals surface area contributed by atoms with E-state index >= 15 is 0 Å². The Kier molecular flexibility index (Phi) is 1.91.